The molecule has 1 heterocycles. The number of aliphatic imine (C=N–C) groups is 1. The van der Waals surface area contributed by atoms with Crippen LogP contribution >= 0.6 is 0 Å². The number of aliphatic hydroxyl groups is 1. The molecule has 0 spiro atoms. The van der Waals surface area contributed by atoms with Crippen molar-refractivity contribution in [3.05, 3.63) is 0 Å². The molecule has 76 valence electrons. The number of hydrogen-bond acceptors (Lipinski definition) is 3. The van der Waals surface area contributed by atoms with E-state index in [-0.39, 0.29) is 12.1 Å². The van der Waals surface area contributed by atoms with E-state index in [0.29, 0.717) is 0 Å². The Bertz CT molecular complexity index is 185. The average molecular weight is 184 g/mol. The van der Waals surface area contributed by atoms with Gasteiger partial charge in [-0.1, -0.05) is 6.92 Å². The lowest BCUT2D eigenvalue weighted by Crippen LogP contribution is -2.48. The second-order valence-corrected chi connectivity index (χ2v) is 3.98. The number of nitrogens with one attached hydrogen (secondary N) is 1. The maximum Gasteiger partial charge on any atom is 0.0968 e. The molecule has 0 amide bonds. The molecular weight excluding hydrogens is 164 g/mol. The van der Waals surface area contributed by atoms with Crippen LogP contribution in [0.1, 0.15) is 39.5 Å². The first-order chi connectivity index (χ1) is 6.20. The smallest absolute Gasteiger partial charge is 0.0968 e. The van der Waals surface area contributed by atoms with Crippen LogP contribution in [0.15, 0.2) is 4.99 Å². The highest BCUT2D eigenvalue weighted by molar-refractivity contribution is 5.83. The molecule has 0 aromatic heterocycles. The third-order valence-corrected chi connectivity index (χ3v) is 2.70. The highest BCUT2D eigenvalue weighted by atomic mass is 16.3. The zero-order chi connectivity index (χ0) is 9.73. The third-order valence-electron chi connectivity index (χ3n) is 2.70. The molecule has 0 fully saturated rings. The Morgan fingerprint density at radius 1 is 1.54 bits per heavy atom. The summed E-state index contributed by atoms with van der Waals surface area (Å²) in [6.45, 7) is 5.22. The Balaban J connectivity index is 2.49. The molecule has 0 radical (unpaired) electrons. The van der Waals surface area contributed by atoms with Crippen LogP contribution in [0.4, 0.5) is 0 Å². The molecule has 2 N–H and O–H groups in total. The molecule has 3 heteroatoms. The van der Waals surface area contributed by atoms with Crippen LogP contribution in [-0.2, 0) is 0 Å². The molecule has 1 rings (SSSR count). The molecular formula is C10H20N2O. The lowest BCUT2D eigenvalue weighted by molar-refractivity contribution is 0.187. The fourth-order valence-electron chi connectivity index (χ4n) is 1.39. The Labute approximate surface area is 80.3 Å². The van der Waals surface area contributed by atoms with Gasteiger partial charge in [-0.2, -0.15) is 0 Å². The van der Waals surface area contributed by atoms with Gasteiger partial charge in [-0.25, -0.2) is 0 Å². The van der Waals surface area contributed by atoms with E-state index in [2.05, 4.69) is 17.2 Å². The van der Waals surface area contributed by atoms with Gasteiger partial charge in [0.05, 0.1) is 18.0 Å². The standard InChI is InChI=1S/C10H20N2O/c1-3-10(2,8-13)12-9-6-4-5-7-11-9/h13H,3-8H2,1-2H3,(H,11,12). The monoisotopic (exact) mass is 184 g/mol. The van der Waals surface area contributed by atoms with Gasteiger partial charge in [0, 0.05) is 13.0 Å². The van der Waals surface area contributed by atoms with Crippen molar-refractivity contribution in [2.24, 2.45) is 4.99 Å². The highest BCUT2D eigenvalue weighted by Gasteiger charge is 2.22. The molecule has 0 aliphatic carbocycles. The lowest BCUT2D eigenvalue weighted by atomic mass is 9.99. The second kappa shape index (κ2) is 4.61. The van der Waals surface area contributed by atoms with Gasteiger partial charge in [-0.05, 0) is 26.2 Å². The van der Waals surface area contributed by atoms with Crippen LogP contribution in [0.5, 0.6) is 0 Å². The average Bonchev–Trinajstić information content (AvgIpc) is 2.19. The summed E-state index contributed by atoms with van der Waals surface area (Å²) >= 11 is 0. The highest BCUT2D eigenvalue weighted by Crippen LogP contribution is 2.11. The Kier molecular flexibility index (Phi) is 3.72. The summed E-state index contributed by atoms with van der Waals surface area (Å²) < 4.78 is 0. The molecule has 1 unspecified atom stereocenters. The minimum atomic E-state index is -0.184. The summed E-state index contributed by atoms with van der Waals surface area (Å²) in [5.74, 6) is 1.07. The Morgan fingerprint density at radius 3 is 2.77 bits per heavy atom. The fourth-order valence-corrected chi connectivity index (χ4v) is 1.39. The van der Waals surface area contributed by atoms with Crippen molar-refractivity contribution in [3.8, 4) is 0 Å². The van der Waals surface area contributed by atoms with E-state index >= 15 is 0 Å². The number of nitrogens with zero attached hydrogens (tertiary/aromatic N) is 1. The molecule has 0 saturated carbocycles. The fraction of sp³-hybridized carbons (Fsp3) is 0.900. The van der Waals surface area contributed by atoms with Gasteiger partial charge in [0.1, 0.15) is 0 Å². The van der Waals surface area contributed by atoms with Crippen molar-refractivity contribution in [2.75, 3.05) is 13.2 Å². The number of aliphatic hydroxyl groups excluding tert-OH is 1. The van der Waals surface area contributed by atoms with Crippen LogP contribution in [-0.4, -0.2) is 29.6 Å². The van der Waals surface area contributed by atoms with E-state index in [0.717, 1.165) is 25.2 Å². The van der Waals surface area contributed by atoms with Gasteiger partial charge < -0.3 is 10.4 Å². The first kappa shape index (κ1) is 10.5. The normalized spacial score (nSPS) is 21.9. The molecule has 13 heavy (non-hydrogen) atoms. The van der Waals surface area contributed by atoms with Crippen LogP contribution in [0.2, 0.25) is 0 Å². The summed E-state index contributed by atoms with van der Waals surface area (Å²) in [6, 6.07) is 0. The van der Waals surface area contributed by atoms with Gasteiger partial charge in [0.15, 0.2) is 0 Å². The van der Waals surface area contributed by atoms with E-state index in [1.165, 1.54) is 12.8 Å². The summed E-state index contributed by atoms with van der Waals surface area (Å²) in [6.07, 6.45) is 4.38. The second-order valence-electron chi connectivity index (χ2n) is 3.98. The van der Waals surface area contributed by atoms with Crippen molar-refractivity contribution in [1.82, 2.24) is 5.32 Å². The van der Waals surface area contributed by atoms with E-state index < -0.39 is 0 Å². The summed E-state index contributed by atoms with van der Waals surface area (Å²) in [4.78, 5) is 4.40. The largest absolute Gasteiger partial charge is 0.394 e. The lowest BCUT2D eigenvalue weighted by Gasteiger charge is -2.30. The Morgan fingerprint density at radius 2 is 2.31 bits per heavy atom. The maximum absolute atomic E-state index is 9.20. The molecule has 1 atom stereocenters. The molecule has 3 nitrogen and oxygen atoms in total. The van der Waals surface area contributed by atoms with Gasteiger partial charge in [-0.15, -0.1) is 0 Å². The molecule has 1 aliphatic rings. The first-order valence-electron chi connectivity index (χ1n) is 5.12. The van der Waals surface area contributed by atoms with Gasteiger partial charge in [0.25, 0.3) is 0 Å². The molecule has 0 bridgehead atoms. The topological polar surface area (TPSA) is 44.6 Å². The van der Waals surface area contributed by atoms with Gasteiger partial charge in [0.2, 0.25) is 0 Å². The van der Waals surface area contributed by atoms with E-state index in [4.69, 9.17) is 0 Å². The predicted molar refractivity (Wildman–Crippen MR) is 55.1 cm³/mol. The minimum Gasteiger partial charge on any atom is -0.394 e. The van der Waals surface area contributed by atoms with Gasteiger partial charge in [-0.3, -0.25) is 4.99 Å². The van der Waals surface area contributed by atoms with E-state index in [1.807, 2.05) is 6.92 Å². The molecule has 1 aliphatic heterocycles. The number of amidine groups is 1. The van der Waals surface area contributed by atoms with Crippen LogP contribution in [0.25, 0.3) is 0 Å². The predicted octanol–water partition coefficient (Wildman–Crippen LogP) is 1.32. The zero-order valence-corrected chi connectivity index (χ0v) is 8.64. The van der Waals surface area contributed by atoms with Crippen LogP contribution in [0.3, 0.4) is 0 Å². The minimum absolute atomic E-state index is 0.169. The van der Waals surface area contributed by atoms with Crippen molar-refractivity contribution in [3.63, 3.8) is 0 Å². The zero-order valence-electron chi connectivity index (χ0n) is 8.64. The quantitative estimate of drug-likeness (QED) is 0.695. The van der Waals surface area contributed by atoms with Gasteiger partial charge >= 0.3 is 0 Å². The van der Waals surface area contributed by atoms with Crippen molar-refractivity contribution in [1.29, 1.82) is 0 Å². The van der Waals surface area contributed by atoms with E-state index in [1.54, 1.807) is 0 Å². The van der Waals surface area contributed by atoms with Crippen molar-refractivity contribution < 1.29 is 5.11 Å². The summed E-state index contributed by atoms with van der Waals surface area (Å²) in [7, 11) is 0. The van der Waals surface area contributed by atoms with Crippen LogP contribution in [0, 0.1) is 0 Å². The molecule has 0 aromatic carbocycles. The first-order valence-corrected chi connectivity index (χ1v) is 5.12. The van der Waals surface area contributed by atoms with E-state index in [9.17, 15) is 5.11 Å². The van der Waals surface area contributed by atoms with Crippen LogP contribution < -0.4 is 5.32 Å². The molecule has 0 saturated heterocycles. The van der Waals surface area contributed by atoms with Crippen molar-refractivity contribution >= 4 is 5.84 Å². The third kappa shape index (κ3) is 2.99. The SMILES string of the molecule is CCC(C)(CO)NC1=NCCCC1. The number of rotatable bonds is 3. The summed E-state index contributed by atoms with van der Waals surface area (Å²) in [5, 5.41) is 12.5. The summed E-state index contributed by atoms with van der Waals surface area (Å²) in [5.41, 5.74) is -0.184. The van der Waals surface area contributed by atoms with Crippen molar-refractivity contribution in [2.45, 2.75) is 45.1 Å². The Hall–Kier alpha value is -0.570. The molecule has 0 aromatic rings. The number of hydrogen-bond donors (Lipinski definition) is 2. The maximum atomic E-state index is 9.20.